The number of alkyl halides is 3. The molecule has 2 aromatic carbocycles. The molecule has 0 atom stereocenters. The second-order valence-corrected chi connectivity index (χ2v) is 8.37. The molecule has 7 nitrogen and oxygen atoms in total. The van der Waals surface area contributed by atoms with Crippen LogP contribution in [0.25, 0.3) is 0 Å². The molecule has 4 rings (SSSR count). The number of anilines is 2. The van der Waals surface area contributed by atoms with Crippen LogP contribution in [0.1, 0.15) is 37.5 Å². The number of aryl methyl sites for hydroxylation is 2. The molecule has 35 heavy (non-hydrogen) atoms. The summed E-state index contributed by atoms with van der Waals surface area (Å²) < 4.78 is 39.9. The Balaban J connectivity index is 1.38. The number of hydrogen-bond donors (Lipinski definition) is 1. The van der Waals surface area contributed by atoms with Gasteiger partial charge in [0, 0.05) is 31.9 Å². The molecule has 0 spiro atoms. The molecule has 3 aromatic rings. The smallest absolute Gasteiger partial charge is 0.352 e. The van der Waals surface area contributed by atoms with E-state index >= 15 is 0 Å². The lowest BCUT2D eigenvalue weighted by molar-refractivity contribution is -0.138. The lowest BCUT2D eigenvalue weighted by Crippen LogP contribution is -2.49. The van der Waals surface area contributed by atoms with E-state index in [4.69, 9.17) is 0 Å². The van der Waals surface area contributed by atoms with Crippen molar-refractivity contribution in [1.29, 1.82) is 0 Å². The minimum atomic E-state index is -4.60. The van der Waals surface area contributed by atoms with Gasteiger partial charge in [-0.05, 0) is 55.3 Å². The number of halogens is 3. The highest BCUT2D eigenvalue weighted by Crippen LogP contribution is 2.32. The first-order valence-corrected chi connectivity index (χ1v) is 11.1. The van der Waals surface area contributed by atoms with Gasteiger partial charge in [-0.15, -0.1) is 10.2 Å². The number of aromatic nitrogens is 2. The van der Waals surface area contributed by atoms with Crippen LogP contribution in [0.15, 0.2) is 54.6 Å². The predicted molar refractivity (Wildman–Crippen MR) is 125 cm³/mol. The lowest BCUT2D eigenvalue weighted by atomic mass is 10.1. The number of nitrogens with zero attached hydrogens (tertiary/aromatic N) is 4. The summed E-state index contributed by atoms with van der Waals surface area (Å²) in [6.07, 6.45) is -4.60. The average molecular weight is 483 g/mol. The average Bonchev–Trinajstić information content (AvgIpc) is 2.85. The van der Waals surface area contributed by atoms with Crippen LogP contribution >= 0.6 is 0 Å². The van der Waals surface area contributed by atoms with Gasteiger partial charge < -0.3 is 15.1 Å². The standard InChI is InChI=1S/C25H24F3N5O2/c1-16-7-8-17(2)21(15-16)29-23(34)20-9-10-22(31-30-20)32-11-13-33(14-12-32)24(35)18-5-3-4-6-19(18)25(26,27)28/h3-10,15H,11-14H2,1-2H3,(H,29,34). The first kappa shape index (κ1) is 24.2. The summed E-state index contributed by atoms with van der Waals surface area (Å²) >= 11 is 0. The molecule has 0 bridgehead atoms. The van der Waals surface area contributed by atoms with Crippen LogP contribution in [-0.2, 0) is 6.18 Å². The molecule has 1 N–H and O–H groups in total. The van der Waals surface area contributed by atoms with Crippen LogP contribution in [-0.4, -0.2) is 53.1 Å². The number of nitrogens with one attached hydrogen (secondary N) is 1. The molecule has 0 aliphatic carbocycles. The van der Waals surface area contributed by atoms with Crippen LogP contribution in [0.3, 0.4) is 0 Å². The van der Waals surface area contributed by atoms with Crippen molar-refractivity contribution in [3.05, 3.63) is 82.5 Å². The van der Waals surface area contributed by atoms with E-state index in [1.807, 2.05) is 36.9 Å². The molecule has 10 heteroatoms. The van der Waals surface area contributed by atoms with Crippen LogP contribution in [0.4, 0.5) is 24.7 Å². The Bertz CT molecular complexity index is 1240. The molecule has 1 aromatic heterocycles. The molecule has 0 unspecified atom stereocenters. The van der Waals surface area contributed by atoms with Crippen molar-refractivity contribution in [1.82, 2.24) is 15.1 Å². The summed E-state index contributed by atoms with van der Waals surface area (Å²) in [5.41, 5.74) is 1.52. The van der Waals surface area contributed by atoms with Crippen molar-refractivity contribution in [3.63, 3.8) is 0 Å². The van der Waals surface area contributed by atoms with Gasteiger partial charge in [-0.3, -0.25) is 9.59 Å². The zero-order valence-corrected chi connectivity index (χ0v) is 19.3. The summed E-state index contributed by atoms with van der Waals surface area (Å²) in [4.78, 5) is 28.6. The van der Waals surface area contributed by atoms with Gasteiger partial charge in [0.05, 0.1) is 11.1 Å². The van der Waals surface area contributed by atoms with Gasteiger partial charge in [-0.1, -0.05) is 24.3 Å². The van der Waals surface area contributed by atoms with Crippen molar-refractivity contribution in [2.24, 2.45) is 0 Å². The zero-order chi connectivity index (χ0) is 25.2. The number of benzene rings is 2. The normalized spacial score (nSPS) is 14.1. The van der Waals surface area contributed by atoms with E-state index in [1.54, 1.807) is 12.1 Å². The summed E-state index contributed by atoms with van der Waals surface area (Å²) in [6.45, 7) is 5.07. The second-order valence-electron chi connectivity index (χ2n) is 8.37. The van der Waals surface area contributed by atoms with Gasteiger partial charge in [-0.2, -0.15) is 13.2 Å². The van der Waals surface area contributed by atoms with Crippen LogP contribution in [0.5, 0.6) is 0 Å². The van der Waals surface area contributed by atoms with Crippen molar-refractivity contribution in [2.45, 2.75) is 20.0 Å². The molecule has 1 aliphatic rings. The summed E-state index contributed by atoms with van der Waals surface area (Å²) in [6, 6.07) is 13.8. The predicted octanol–water partition coefficient (Wildman–Crippen LogP) is 4.33. The molecule has 2 amide bonds. The molecule has 1 saturated heterocycles. The van der Waals surface area contributed by atoms with Crippen molar-refractivity contribution in [2.75, 3.05) is 36.4 Å². The minimum absolute atomic E-state index is 0.159. The highest BCUT2D eigenvalue weighted by molar-refractivity contribution is 6.03. The fourth-order valence-corrected chi connectivity index (χ4v) is 3.90. The van der Waals surface area contributed by atoms with E-state index in [0.29, 0.717) is 24.6 Å². The number of carbonyl (C=O) groups excluding carboxylic acids is 2. The number of amides is 2. The molecule has 0 radical (unpaired) electrons. The third-order valence-corrected chi connectivity index (χ3v) is 5.88. The fourth-order valence-electron chi connectivity index (χ4n) is 3.90. The van der Waals surface area contributed by atoms with Crippen LogP contribution < -0.4 is 10.2 Å². The van der Waals surface area contributed by atoms with Gasteiger partial charge in [0.1, 0.15) is 0 Å². The summed E-state index contributed by atoms with van der Waals surface area (Å²) in [5, 5.41) is 11.0. The maximum atomic E-state index is 13.3. The monoisotopic (exact) mass is 483 g/mol. The lowest BCUT2D eigenvalue weighted by Gasteiger charge is -2.35. The van der Waals surface area contributed by atoms with E-state index in [-0.39, 0.29) is 30.3 Å². The Hall–Kier alpha value is -3.95. The maximum absolute atomic E-state index is 13.3. The van der Waals surface area contributed by atoms with Crippen molar-refractivity contribution >= 4 is 23.3 Å². The van der Waals surface area contributed by atoms with Gasteiger partial charge in [0.2, 0.25) is 0 Å². The number of rotatable bonds is 4. The molecule has 1 fully saturated rings. The van der Waals surface area contributed by atoms with Crippen molar-refractivity contribution in [3.8, 4) is 0 Å². The van der Waals surface area contributed by atoms with E-state index in [1.165, 1.54) is 23.1 Å². The third-order valence-electron chi connectivity index (χ3n) is 5.88. The van der Waals surface area contributed by atoms with Gasteiger partial charge in [-0.25, -0.2) is 0 Å². The van der Waals surface area contributed by atoms with E-state index in [0.717, 1.165) is 17.2 Å². The Morgan fingerprint density at radius 3 is 2.29 bits per heavy atom. The van der Waals surface area contributed by atoms with E-state index in [2.05, 4.69) is 15.5 Å². The van der Waals surface area contributed by atoms with Crippen LogP contribution in [0.2, 0.25) is 0 Å². The molecule has 1 aliphatic heterocycles. The Kier molecular flexibility index (Phi) is 6.72. The largest absolute Gasteiger partial charge is 0.417 e. The van der Waals surface area contributed by atoms with E-state index < -0.39 is 17.6 Å². The van der Waals surface area contributed by atoms with Gasteiger partial charge in [0.15, 0.2) is 11.5 Å². The quantitative estimate of drug-likeness (QED) is 0.598. The minimum Gasteiger partial charge on any atom is -0.352 e. The fraction of sp³-hybridized carbons (Fsp3) is 0.280. The van der Waals surface area contributed by atoms with E-state index in [9.17, 15) is 22.8 Å². The molecule has 2 heterocycles. The number of hydrogen-bond acceptors (Lipinski definition) is 5. The SMILES string of the molecule is Cc1ccc(C)c(NC(=O)c2ccc(N3CCN(C(=O)c4ccccc4C(F)(F)F)CC3)nn2)c1. The highest BCUT2D eigenvalue weighted by Gasteiger charge is 2.36. The van der Waals surface area contributed by atoms with Crippen molar-refractivity contribution < 1.29 is 22.8 Å². The highest BCUT2D eigenvalue weighted by atomic mass is 19.4. The molecule has 0 saturated carbocycles. The third kappa shape index (κ3) is 5.42. The Morgan fingerprint density at radius 1 is 0.914 bits per heavy atom. The molecule has 182 valence electrons. The first-order valence-electron chi connectivity index (χ1n) is 11.1. The maximum Gasteiger partial charge on any atom is 0.417 e. The van der Waals surface area contributed by atoms with Crippen LogP contribution in [0, 0.1) is 13.8 Å². The van der Waals surface area contributed by atoms with Gasteiger partial charge >= 0.3 is 6.18 Å². The topological polar surface area (TPSA) is 78.4 Å². The number of piperazine rings is 1. The zero-order valence-electron chi connectivity index (χ0n) is 19.3. The first-order chi connectivity index (χ1) is 16.6. The summed E-state index contributed by atoms with van der Waals surface area (Å²) in [5.74, 6) is -0.505. The summed E-state index contributed by atoms with van der Waals surface area (Å²) in [7, 11) is 0. The van der Waals surface area contributed by atoms with Gasteiger partial charge in [0.25, 0.3) is 11.8 Å². The second kappa shape index (κ2) is 9.73. The molecular weight excluding hydrogens is 459 g/mol. The molecular formula is C25H24F3N5O2. The Morgan fingerprint density at radius 2 is 1.63 bits per heavy atom. The number of carbonyl (C=O) groups is 2. The Labute approximate surface area is 200 Å².